The van der Waals surface area contributed by atoms with Crippen LogP contribution in [0.5, 0.6) is 0 Å². The van der Waals surface area contributed by atoms with E-state index in [0.29, 0.717) is 0 Å². The lowest BCUT2D eigenvalue weighted by Crippen LogP contribution is -2.44. The maximum Gasteiger partial charge on any atom is 0.0939 e. The van der Waals surface area contributed by atoms with Gasteiger partial charge in [-0.1, -0.05) is 45.4 Å². The van der Waals surface area contributed by atoms with Crippen molar-refractivity contribution < 1.29 is 9.84 Å². The highest BCUT2D eigenvalue weighted by Crippen LogP contribution is 2.35. The molecule has 1 saturated carbocycles. The predicted octanol–water partition coefficient (Wildman–Crippen LogP) is 3.67. The number of aliphatic hydroxyl groups excluding tert-OH is 1. The molecular weight excluding hydrogens is 200 g/mol. The molecule has 1 aliphatic rings. The third kappa shape index (κ3) is 3.74. The number of aliphatic hydroxyl groups is 1. The molecule has 1 unspecified atom stereocenters. The molecule has 2 nitrogen and oxygen atoms in total. The second kappa shape index (κ2) is 7.29. The third-order valence-electron chi connectivity index (χ3n) is 3.82. The van der Waals surface area contributed by atoms with Crippen LogP contribution >= 0.6 is 0 Å². The summed E-state index contributed by atoms with van der Waals surface area (Å²) in [5.41, 5.74) is -0.222. The molecule has 96 valence electrons. The van der Waals surface area contributed by atoms with Crippen molar-refractivity contribution >= 4 is 0 Å². The quantitative estimate of drug-likeness (QED) is 0.703. The molecule has 0 heterocycles. The van der Waals surface area contributed by atoms with Gasteiger partial charge in [-0.25, -0.2) is 0 Å². The summed E-state index contributed by atoms with van der Waals surface area (Å²) in [4.78, 5) is 0. The van der Waals surface area contributed by atoms with E-state index in [0.717, 1.165) is 38.7 Å². The van der Waals surface area contributed by atoms with Crippen LogP contribution in [0.2, 0.25) is 0 Å². The summed E-state index contributed by atoms with van der Waals surface area (Å²) >= 11 is 0. The highest BCUT2D eigenvalue weighted by atomic mass is 16.5. The van der Waals surface area contributed by atoms with Gasteiger partial charge in [0, 0.05) is 6.61 Å². The molecule has 1 fully saturated rings. The van der Waals surface area contributed by atoms with Gasteiger partial charge in [-0.2, -0.15) is 0 Å². The van der Waals surface area contributed by atoms with Crippen LogP contribution in [0.3, 0.4) is 0 Å². The van der Waals surface area contributed by atoms with Crippen molar-refractivity contribution in [2.75, 3.05) is 6.61 Å². The summed E-state index contributed by atoms with van der Waals surface area (Å²) in [6.45, 7) is 4.94. The molecule has 1 N–H and O–H groups in total. The average molecular weight is 228 g/mol. The van der Waals surface area contributed by atoms with Crippen LogP contribution in [0.1, 0.15) is 71.6 Å². The van der Waals surface area contributed by atoms with Gasteiger partial charge in [0.25, 0.3) is 0 Å². The minimum Gasteiger partial charge on any atom is -0.390 e. The second-order valence-electron chi connectivity index (χ2n) is 5.07. The maximum atomic E-state index is 10.4. The zero-order chi connectivity index (χ0) is 11.9. The van der Waals surface area contributed by atoms with Gasteiger partial charge in [0.15, 0.2) is 0 Å². The van der Waals surface area contributed by atoms with Crippen LogP contribution in [-0.4, -0.2) is 23.4 Å². The molecule has 1 aliphatic carbocycles. The summed E-state index contributed by atoms with van der Waals surface area (Å²) < 4.78 is 5.96. The van der Waals surface area contributed by atoms with Crippen LogP contribution < -0.4 is 0 Å². The van der Waals surface area contributed by atoms with Crippen LogP contribution in [0.15, 0.2) is 0 Å². The molecule has 0 spiro atoms. The predicted molar refractivity (Wildman–Crippen MR) is 67.6 cm³/mol. The van der Waals surface area contributed by atoms with Gasteiger partial charge >= 0.3 is 0 Å². The van der Waals surface area contributed by atoms with Gasteiger partial charge < -0.3 is 9.84 Å². The Morgan fingerprint density at radius 2 is 1.75 bits per heavy atom. The number of hydrogen-bond donors (Lipinski definition) is 1. The van der Waals surface area contributed by atoms with Crippen molar-refractivity contribution in [2.24, 2.45) is 0 Å². The Kier molecular flexibility index (Phi) is 6.37. The lowest BCUT2D eigenvalue weighted by molar-refractivity contribution is -0.131. The van der Waals surface area contributed by atoms with E-state index in [1.54, 1.807) is 0 Å². The molecule has 0 aromatic rings. The zero-order valence-corrected chi connectivity index (χ0v) is 11.0. The lowest BCUT2D eigenvalue weighted by Gasteiger charge is -2.37. The van der Waals surface area contributed by atoms with Gasteiger partial charge in [0.2, 0.25) is 0 Å². The molecule has 0 bridgehead atoms. The molecule has 0 aromatic carbocycles. The maximum absolute atomic E-state index is 10.4. The van der Waals surface area contributed by atoms with Gasteiger partial charge in [-0.05, 0) is 26.2 Å². The van der Waals surface area contributed by atoms with E-state index in [9.17, 15) is 5.11 Å². The topological polar surface area (TPSA) is 29.5 Å². The van der Waals surface area contributed by atoms with E-state index < -0.39 is 0 Å². The molecule has 1 atom stereocenters. The molecule has 2 heteroatoms. The first kappa shape index (κ1) is 14.0. The van der Waals surface area contributed by atoms with Crippen molar-refractivity contribution in [3.63, 3.8) is 0 Å². The molecule has 0 amide bonds. The fourth-order valence-electron chi connectivity index (χ4n) is 2.85. The van der Waals surface area contributed by atoms with Crippen LogP contribution in [-0.2, 0) is 4.74 Å². The second-order valence-corrected chi connectivity index (χ2v) is 5.07. The summed E-state index contributed by atoms with van der Waals surface area (Å²) in [6, 6.07) is 0. The SMILES string of the molecule is CCCCC(O)C1(OCC)CCCCCC1. The summed E-state index contributed by atoms with van der Waals surface area (Å²) in [7, 11) is 0. The van der Waals surface area contributed by atoms with E-state index in [-0.39, 0.29) is 11.7 Å². The molecule has 16 heavy (non-hydrogen) atoms. The molecule has 0 aliphatic heterocycles. The number of ether oxygens (including phenoxy) is 1. The van der Waals surface area contributed by atoms with Gasteiger partial charge in [-0.3, -0.25) is 0 Å². The van der Waals surface area contributed by atoms with E-state index in [4.69, 9.17) is 4.74 Å². The first-order valence-corrected chi connectivity index (χ1v) is 7.07. The Morgan fingerprint density at radius 1 is 1.12 bits per heavy atom. The van der Waals surface area contributed by atoms with Crippen molar-refractivity contribution in [1.29, 1.82) is 0 Å². The molecule has 0 aromatic heterocycles. The smallest absolute Gasteiger partial charge is 0.0939 e. The number of rotatable bonds is 6. The summed E-state index contributed by atoms with van der Waals surface area (Å²) in [5, 5.41) is 10.4. The average Bonchev–Trinajstić information content (AvgIpc) is 2.53. The van der Waals surface area contributed by atoms with Crippen molar-refractivity contribution in [3.05, 3.63) is 0 Å². The third-order valence-corrected chi connectivity index (χ3v) is 3.82. The zero-order valence-electron chi connectivity index (χ0n) is 11.0. The fourth-order valence-corrected chi connectivity index (χ4v) is 2.85. The standard InChI is InChI=1S/C14H28O2/c1-3-5-10-13(15)14(16-4-2)11-8-6-7-9-12-14/h13,15H,3-12H2,1-2H3. The van der Waals surface area contributed by atoms with Crippen molar-refractivity contribution in [2.45, 2.75) is 83.3 Å². The minimum atomic E-state index is -0.259. The molecule has 1 rings (SSSR count). The highest BCUT2D eigenvalue weighted by molar-refractivity contribution is 4.90. The van der Waals surface area contributed by atoms with Gasteiger partial charge in [0.05, 0.1) is 11.7 Å². The first-order valence-electron chi connectivity index (χ1n) is 7.07. The Hall–Kier alpha value is -0.0800. The van der Waals surface area contributed by atoms with Gasteiger partial charge in [0.1, 0.15) is 0 Å². The van der Waals surface area contributed by atoms with Crippen LogP contribution in [0.25, 0.3) is 0 Å². The highest BCUT2D eigenvalue weighted by Gasteiger charge is 2.38. The van der Waals surface area contributed by atoms with E-state index in [1.165, 1.54) is 25.7 Å². The Balaban J connectivity index is 2.60. The van der Waals surface area contributed by atoms with E-state index in [1.807, 2.05) is 6.92 Å². The number of unbranched alkanes of at least 4 members (excludes halogenated alkanes) is 1. The summed E-state index contributed by atoms with van der Waals surface area (Å²) in [5.74, 6) is 0. The fraction of sp³-hybridized carbons (Fsp3) is 1.00. The van der Waals surface area contributed by atoms with Crippen molar-refractivity contribution in [1.82, 2.24) is 0 Å². The largest absolute Gasteiger partial charge is 0.390 e. The van der Waals surface area contributed by atoms with Crippen LogP contribution in [0.4, 0.5) is 0 Å². The van der Waals surface area contributed by atoms with E-state index in [2.05, 4.69) is 6.92 Å². The Labute approximate surface area is 100 Å². The normalized spacial score (nSPS) is 22.7. The van der Waals surface area contributed by atoms with Crippen LogP contribution in [0, 0.1) is 0 Å². The Bertz CT molecular complexity index is 172. The monoisotopic (exact) mass is 228 g/mol. The minimum absolute atomic E-state index is 0.222. The lowest BCUT2D eigenvalue weighted by atomic mass is 9.85. The van der Waals surface area contributed by atoms with Crippen molar-refractivity contribution in [3.8, 4) is 0 Å². The van der Waals surface area contributed by atoms with E-state index >= 15 is 0 Å². The summed E-state index contributed by atoms with van der Waals surface area (Å²) in [6.07, 6.45) is 10.0. The molecule has 0 radical (unpaired) electrons. The van der Waals surface area contributed by atoms with Gasteiger partial charge in [-0.15, -0.1) is 0 Å². The number of hydrogen-bond acceptors (Lipinski definition) is 2. The first-order chi connectivity index (χ1) is 7.75. The molecule has 0 saturated heterocycles. The Morgan fingerprint density at radius 3 is 2.25 bits per heavy atom. The molecular formula is C14H28O2.